The van der Waals surface area contributed by atoms with Crippen LogP contribution in [0.25, 0.3) is 0 Å². The monoisotopic (exact) mass is 469 g/mol. The quantitative estimate of drug-likeness (QED) is 0.458. The van der Waals surface area contributed by atoms with Crippen molar-refractivity contribution in [3.63, 3.8) is 0 Å². The van der Waals surface area contributed by atoms with Gasteiger partial charge >= 0.3 is 0 Å². The molecule has 0 spiro atoms. The van der Waals surface area contributed by atoms with Gasteiger partial charge in [0.2, 0.25) is 15.0 Å². The third kappa shape index (κ3) is 5.50. The normalized spacial score (nSPS) is 13.9. The molecular formula is C25H28FN3O3S. The van der Waals surface area contributed by atoms with Crippen molar-refractivity contribution in [1.29, 1.82) is 0 Å². The van der Waals surface area contributed by atoms with Crippen LogP contribution in [0.4, 0.5) is 4.39 Å². The summed E-state index contributed by atoms with van der Waals surface area (Å²) in [5.41, 5.74) is 1.77. The van der Waals surface area contributed by atoms with Gasteiger partial charge in [-0.3, -0.25) is 4.79 Å². The molecule has 1 saturated carbocycles. The lowest BCUT2D eigenvalue weighted by atomic mass is 10.2. The second-order valence-electron chi connectivity index (χ2n) is 8.88. The van der Waals surface area contributed by atoms with Gasteiger partial charge in [0.05, 0.1) is 24.2 Å². The molecule has 0 N–H and O–H groups in total. The number of halogens is 1. The summed E-state index contributed by atoms with van der Waals surface area (Å²) in [4.78, 5) is 19.3. The molecule has 1 heterocycles. The van der Waals surface area contributed by atoms with Crippen LogP contribution in [0, 0.1) is 11.7 Å². The Hall–Kier alpha value is -3.00. The van der Waals surface area contributed by atoms with Crippen LogP contribution in [-0.4, -0.2) is 35.3 Å². The molecular weight excluding hydrogens is 441 g/mol. The maximum atomic E-state index is 13.2. The molecule has 4 rings (SSSR count). The van der Waals surface area contributed by atoms with E-state index in [0.29, 0.717) is 29.3 Å². The van der Waals surface area contributed by atoms with Crippen LogP contribution < -0.4 is 0 Å². The van der Waals surface area contributed by atoms with E-state index in [1.165, 1.54) is 24.3 Å². The third-order valence-corrected chi connectivity index (χ3v) is 7.31. The maximum Gasteiger partial charge on any atom is 0.254 e. The molecule has 1 aliphatic rings. The molecule has 0 bridgehead atoms. The molecule has 8 heteroatoms. The van der Waals surface area contributed by atoms with E-state index in [2.05, 4.69) is 4.98 Å². The summed E-state index contributed by atoms with van der Waals surface area (Å²) in [6.07, 6.45) is 3.74. The van der Waals surface area contributed by atoms with Crippen molar-refractivity contribution in [3.8, 4) is 0 Å². The lowest BCUT2D eigenvalue weighted by Gasteiger charge is -2.25. The number of nitrogens with zero attached hydrogens (tertiary/aromatic N) is 3. The van der Waals surface area contributed by atoms with Crippen LogP contribution in [-0.2, 0) is 22.1 Å². The summed E-state index contributed by atoms with van der Waals surface area (Å²) in [6, 6.07) is 14.4. The minimum absolute atomic E-state index is 0.0321. The molecule has 33 heavy (non-hydrogen) atoms. The molecule has 1 amide bonds. The summed E-state index contributed by atoms with van der Waals surface area (Å²) in [5, 5.41) is -0.0321. The number of carbonyl (C=O) groups excluding carboxylic acids is 1. The Balaban J connectivity index is 1.63. The van der Waals surface area contributed by atoms with Crippen molar-refractivity contribution in [3.05, 3.63) is 83.4 Å². The van der Waals surface area contributed by atoms with Gasteiger partial charge in [-0.2, -0.15) is 0 Å². The van der Waals surface area contributed by atoms with E-state index in [0.717, 1.165) is 12.8 Å². The van der Waals surface area contributed by atoms with E-state index < -0.39 is 15.7 Å². The number of carbonyl (C=O) groups is 1. The van der Waals surface area contributed by atoms with E-state index in [1.54, 1.807) is 27.8 Å². The highest BCUT2D eigenvalue weighted by Crippen LogP contribution is 2.31. The van der Waals surface area contributed by atoms with Gasteiger partial charge < -0.3 is 9.47 Å². The SMILES string of the molecule is CC(C)n1c(CN(CC2CC2)C(=O)c2ccccc2)cnc1S(=O)(=O)Cc1ccc(F)cc1. The van der Waals surface area contributed by atoms with E-state index in [4.69, 9.17) is 0 Å². The lowest BCUT2D eigenvalue weighted by Crippen LogP contribution is -2.33. The van der Waals surface area contributed by atoms with Gasteiger partial charge in [-0.1, -0.05) is 30.3 Å². The first-order valence-corrected chi connectivity index (χ1v) is 12.8. The van der Waals surface area contributed by atoms with Gasteiger partial charge in [0.1, 0.15) is 5.82 Å². The van der Waals surface area contributed by atoms with Crippen LogP contribution in [0.3, 0.4) is 0 Å². The number of imidazole rings is 1. The molecule has 0 atom stereocenters. The van der Waals surface area contributed by atoms with E-state index in [9.17, 15) is 17.6 Å². The molecule has 174 valence electrons. The van der Waals surface area contributed by atoms with E-state index in [-0.39, 0.29) is 29.4 Å². The highest BCUT2D eigenvalue weighted by molar-refractivity contribution is 7.90. The average molecular weight is 470 g/mol. The van der Waals surface area contributed by atoms with Crippen molar-refractivity contribution in [2.24, 2.45) is 5.92 Å². The van der Waals surface area contributed by atoms with Gasteiger partial charge in [-0.05, 0) is 62.4 Å². The van der Waals surface area contributed by atoms with Crippen LogP contribution in [0.2, 0.25) is 0 Å². The van der Waals surface area contributed by atoms with Crippen LogP contribution in [0.15, 0.2) is 66.0 Å². The maximum absolute atomic E-state index is 13.2. The minimum Gasteiger partial charge on any atom is -0.332 e. The van der Waals surface area contributed by atoms with Crippen molar-refractivity contribution in [1.82, 2.24) is 14.5 Å². The first kappa shape index (κ1) is 23.2. The Bertz CT molecular complexity index is 1220. The number of hydrogen-bond donors (Lipinski definition) is 0. The number of benzene rings is 2. The fraction of sp³-hybridized carbons (Fsp3) is 0.360. The van der Waals surface area contributed by atoms with Crippen LogP contribution in [0.1, 0.15) is 54.3 Å². The van der Waals surface area contributed by atoms with Gasteiger partial charge in [-0.25, -0.2) is 17.8 Å². The van der Waals surface area contributed by atoms with Crippen molar-refractivity contribution < 1.29 is 17.6 Å². The second kappa shape index (κ2) is 9.47. The predicted molar refractivity (Wildman–Crippen MR) is 124 cm³/mol. The van der Waals surface area contributed by atoms with E-state index >= 15 is 0 Å². The Labute approximate surface area is 194 Å². The fourth-order valence-electron chi connectivity index (χ4n) is 3.93. The van der Waals surface area contributed by atoms with Gasteiger partial charge in [0, 0.05) is 18.2 Å². The first-order valence-electron chi connectivity index (χ1n) is 11.1. The zero-order valence-electron chi connectivity index (χ0n) is 18.8. The number of sulfone groups is 1. The topological polar surface area (TPSA) is 72.3 Å². The van der Waals surface area contributed by atoms with Crippen molar-refractivity contribution >= 4 is 15.7 Å². The summed E-state index contributed by atoms with van der Waals surface area (Å²) < 4.78 is 41.3. The third-order valence-electron chi connectivity index (χ3n) is 5.74. The molecule has 0 aliphatic heterocycles. The Kier molecular flexibility index (Phi) is 6.65. The molecule has 1 aromatic heterocycles. The molecule has 0 unspecified atom stereocenters. The number of rotatable bonds is 9. The second-order valence-corrected chi connectivity index (χ2v) is 10.8. The number of amides is 1. The highest BCUT2D eigenvalue weighted by atomic mass is 32.2. The Morgan fingerprint density at radius 1 is 1.12 bits per heavy atom. The number of hydrogen-bond acceptors (Lipinski definition) is 4. The molecule has 1 fully saturated rings. The summed E-state index contributed by atoms with van der Waals surface area (Å²) in [5.74, 6) is -0.281. The van der Waals surface area contributed by atoms with Crippen molar-refractivity contribution in [2.45, 2.75) is 50.2 Å². The molecule has 6 nitrogen and oxygen atoms in total. The molecule has 1 aliphatic carbocycles. The Morgan fingerprint density at radius 2 is 1.79 bits per heavy atom. The molecule has 0 saturated heterocycles. The summed E-state index contributed by atoms with van der Waals surface area (Å²) in [6.45, 7) is 4.70. The smallest absolute Gasteiger partial charge is 0.254 e. The van der Waals surface area contributed by atoms with Gasteiger partial charge in [0.15, 0.2) is 0 Å². The zero-order chi connectivity index (χ0) is 23.6. The van der Waals surface area contributed by atoms with Crippen LogP contribution in [0.5, 0.6) is 0 Å². The molecule has 2 aromatic carbocycles. The minimum atomic E-state index is -3.77. The standard InChI is InChI=1S/C25H28FN3O3S/c1-18(2)29-23(14-27-25(29)33(31,32)17-20-10-12-22(26)13-11-20)16-28(15-19-8-9-19)24(30)21-6-4-3-5-7-21/h3-7,10-14,18-19H,8-9,15-17H2,1-2H3. The predicted octanol–water partition coefficient (Wildman–Crippen LogP) is 4.63. The fourth-order valence-corrected chi connectivity index (χ4v) is 5.53. The first-order chi connectivity index (χ1) is 15.7. The summed E-state index contributed by atoms with van der Waals surface area (Å²) >= 11 is 0. The van der Waals surface area contributed by atoms with Gasteiger partial charge in [-0.15, -0.1) is 0 Å². The Morgan fingerprint density at radius 3 is 2.39 bits per heavy atom. The van der Waals surface area contributed by atoms with Crippen LogP contribution >= 0.6 is 0 Å². The number of aromatic nitrogens is 2. The van der Waals surface area contributed by atoms with Crippen molar-refractivity contribution in [2.75, 3.05) is 6.54 Å². The largest absolute Gasteiger partial charge is 0.332 e. The van der Waals surface area contributed by atoms with Gasteiger partial charge in [0.25, 0.3) is 5.91 Å². The van der Waals surface area contributed by atoms with E-state index in [1.807, 2.05) is 32.0 Å². The molecule has 0 radical (unpaired) electrons. The highest BCUT2D eigenvalue weighted by Gasteiger charge is 2.30. The molecule has 3 aromatic rings. The average Bonchev–Trinajstić information content (AvgIpc) is 3.50. The lowest BCUT2D eigenvalue weighted by molar-refractivity contribution is 0.0730. The summed E-state index contributed by atoms with van der Waals surface area (Å²) in [7, 11) is -3.77. The zero-order valence-corrected chi connectivity index (χ0v) is 19.6.